The molecular weight excluding hydrogens is 656 g/mol. The minimum atomic E-state index is -0.354. The van der Waals surface area contributed by atoms with E-state index in [1.165, 1.54) is 0 Å². The molecule has 5 aromatic rings. The lowest BCUT2D eigenvalue weighted by atomic mass is 9.92. The van der Waals surface area contributed by atoms with Crippen molar-refractivity contribution in [2.45, 2.75) is 65.1 Å². The second kappa shape index (κ2) is 13.8. The van der Waals surface area contributed by atoms with Crippen LogP contribution in [-0.2, 0) is 38.0 Å². The Morgan fingerprint density at radius 2 is 1.78 bits per heavy atom. The number of fused-ring (bicyclic) bond motifs is 2. The standard InChI is InChI=1S/C37H41ClN8O4/c1-37(2,3)32-20-33(46(43-32)25-10-7-23(22-47)8-11-25)40-36(49)39-29-12-14-31(27-6-4-5-26(27)29)50-18-17-44-15-16-45-34(21-44)41-42-35(45)28-19-24(38)9-13-30(28)48/h7-14,19-20,47-48H,4-6,15-18,21-22H2,1-3H3,(H2,39,40,49). The Hall–Kier alpha value is -4.91. The number of ether oxygens (including phenoxy) is 1. The maximum absolute atomic E-state index is 13.4. The number of nitrogens with zero attached hydrogens (tertiary/aromatic N) is 6. The predicted molar refractivity (Wildman–Crippen MR) is 192 cm³/mol. The van der Waals surface area contributed by atoms with Gasteiger partial charge in [0.05, 0.1) is 30.1 Å². The molecule has 0 fully saturated rings. The van der Waals surface area contributed by atoms with Crippen LogP contribution in [-0.4, -0.2) is 65.4 Å². The van der Waals surface area contributed by atoms with Crippen molar-refractivity contribution < 1.29 is 19.7 Å². The van der Waals surface area contributed by atoms with Crippen molar-refractivity contribution in [1.29, 1.82) is 0 Å². The largest absolute Gasteiger partial charge is 0.507 e. The van der Waals surface area contributed by atoms with Gasteiger partial charge in [0.1, 0.15) is 29.7 Å². The number of hydrogen-bond acceptors (Lipinski definition) is 8. The highest BCUT2D eigenvalue weighted by Gasteiger charge is 2.26. The number of benzene rings is 3. The van der Waals surface area contributed by atoms with Gasteiger partial charge in [-0.3, -0.25) is 10.2 Å². The van der Waals surface area contributed by atoms with Crippen LogP contribution in [0.1, 0.15) is 55.4 Å². The summed E-state index contributed by atoms with van der Waals surface area (Å²) in [4.78, 5) is 15.7. The van der Waals surface area contributed by atoms with Gasteiger partial charge in [0.25, 0.3) is 0 Å². The normalized spacial score (nSPS) is 14.3. The number of carbonyl (C=O) groups excluding carboxylic acids is 1. The quantitative estimate of drug-likeness (QED) is 0.141. The van der Waals surface area contributed by atoms with Gasteiger partial charge in [-0.25, -0.2) is 9.48 Å². The third-order valence-corrected chi connectivity index (χ3v) is 9.50. The van der Waals surface area contributed by atoms with E-state index in [4.69, 9.17) is 21.4 Å². The second-order valence-electron chi connectivity index (χ2n) is 13.8. The zero-order valence-corrected chi connectivity index (χ0v) is 29.2. The summed E-state index contributed by atoms with van der Waals surface area (Å²) in [6.07, 6.45) is 2.74. The number of phenolic OH excluding ortho intramolecular Hbond substituents is 1. The van der Waals surface area contributed by atoms with E-state index in [-0.39, 0.29) is 23.8 Å². The molecule has 1 aliphatic heterocycles. The lowest BCUT2D eigenvalue weighted by Crippen LogP contribution is -2.36. The molecule has 3 heterocycles. The molecule has 0 unspecified atom stereocenters. The summed E-state index contributed by atoms with van der Waals surface area (Å²) >= 11 is 6.17. The number of aliphatic hydroxyl groups excluding tert-OH is 1. The molecule has 0 radical (unpaired) electrons. The number of amides is 2. The van der Waals surface area contributed by atoms with Crippen LogP contribution in [0.4, 0.5) is 16.3 Å². The molecule has 2 aliphatic rings. The molecule has 0 bridgehead atoms. The summed E-state index contributed by atoms with van der Waals surface area (Å²) < 4.78 is 10.1. The predicted octanol–water partition coefficient (Wildman–Crippen LogP) is 6.31. The van der Waals surface area contributed by atoms with Gasteiger partial charge >= 0.3 is 6.03 Å². The number of rotatable bonds is 9. The number of urea groups is 1. The Labute approximate surface area is 295 Å². The third kappa shape index (κ3) is 6.91. The maximum Gasteiger partial charge on any atom is 0.324 e. The summed E-state index contributed by atoms with van der Waals surface area (Å²) in [5.41, 5.74) is 5.78. The van der Waals surface area contributed by atoms with E-state index in [1.54, 1.807) is 22.9 Å². The zero-order valence-electron chi connectivity index (χ0n) is 28.4. The van der Waals surface area contributed by atoms with Crippen molar-refractivity contribution in [1.82, 2.24) is 29.4 Å². The first-order chi connectivity index (χ1) is 24.1. The number of nitrogens with one attached hydrogen (secondary N) is 2. The second-order valence-corrected chi connectivity index (χ2v) is 14.2. The summed E-state index contributed by atoms with van der Waals surface area (Å²) in [6.45, 7) is 9.53. The molecule has 2 aromatic heterocycles. The Morgan fingerprint density at radius 1 is 0.980 bits per heavy atom. The molecule has 260 valence electrons. The molecule has 0 spiro atoms. The Morgan fingerprint density at radius 3 is 2.56 bits per heavy atom. The van der Waals surface area contributed by atoms with Gasteiger partial charge in [-0.05, 0) is 78.4 Å². The van der Waals surface area contributed by atoms with Crippen molar-refractivity contribution in [3.8, 4) is 28.6 Å². The first-order valence-electron chi connectivity index (χ1n) is 16.9. The van der Waals surface area contributed by atoms with E-state index in [1.807, 2.05) is 47.0 Å². The third-order valence-electron chi connectivity index (χ3n) is 9.27. The Bertz CT molecular complexity index is 2030. The number of aromatic hydroxyl groups is 1. The molecule has 0 saturated heterocycles. The van der Waals surface area contributed by atoms with Gasteiger partial charge in [-0.15, -0.1) is 10.2 Å². The molecule has 7 rings (SSSR count). The van der Waals surface area contributed by atoms with Crippen molar-refractivity contribution >= 4 is 29.1 Å². The Balaban J connectivity index is 0.992. The van der Waals surface area contributed by atoms with Crippen LogP contribution in [0.15, 0.2) is 60.7 Å². The van der Waals surface area contributed by atoms with Gasteiger partial charge in [0, 0.05) is 41.8 Å². The van der Waals surface area contributed by atoms with Crippen LogP contribution in [0, 0.1) is 0 Å². The summed E-state index contributed by atoms with van der Waals surface area (Å²) in [5.74, 6) is 2.97. The molecule has 2 amide bonds. The van der Waals surface area contributed by atoms with Crippen molar-refractivity contribution in [2.75, 3.05) is 30.3 Å². The van der Waals surface area contributed by atoms with Gasteiger partial charge in [0.2, 0.25) is 0 Å². The van der Waals surface area contributed by atoms with Crippen LogP contribution in [0.2, 0.25) is 5.02 Å². The van der Waals surface area contributed by atoms with Gasteiger partial charge in [0.15, 0.2) is 5.82 Å². The fraction of sp³-hybridized carbons (Fsp3) is 0.351. The van der Waals surface area contributed by atoms with E-state index in [2.05, 4.69) is 46.5 Å². The molecule has 50 heavy (non-hydrogen) atoms. The average molecular weight is 697 g/mol. The molecule has 0 atom stereocenters. The van der Waals surface area contributed by atoms with Crippen LogP contribution in [0.25, 0.3) is 17.1 Å². The van der Waals surface area contributed by atoms with E-state index in [9.17, 15) is 15.0 Å². The molecule has 0 saturated carbocycles. The van der Waals surface area contributed by atoms with Crippen LogP contribution < -0.4 is 15.4 Å². The minimum absolute atomic E-state index is 0.0438. The molecule has 3 aromatic carbocycles. The first-order valence-corrected chi connectivity index (χ1v) is 17.2. The lowest BCUT2D eigenvalue weighted by Gasteiger charge is -2.27. The summed E-state index contributed by atoms with van der Waals surface area (Å²) in [6, 6.07) is 17.8. The number of halogens is 1. The van der Waals surface area contributed by atoms with E-state index >= 15 is 0 Å². The van der Waals surface area contributed by atoms with Crippen LogP contribution in [0.3, 0.4) is 0 Å². The summed E-state index contributed by atoms with van der Waals surface area (Å²) in [7, 11) is 0. The number of aliphatic hydroxyl groups is 1. The minimum Gasteiger partial charge on any atom is -0.507 e. The lowest BCUT2D eigenvalue weighted by molar-refractivity contribution is 0.174. The molecule has 1 aliphatic carbocycles. The highest BCUT2D eigenvalue weighted by Crippen LogP contribution is 2.37. The van der Waals surface area contributed by atoms with Gasteiger partial charge in [-0.1, -0.05) is 44.5 Å². The number of carbonyl (C=O) groups is 1. The van der Waals surface area contributed by atoms with Crippen molar-refractivity contribution in [3.63, 3.8) is 0 Å². The summed E-state index contributed by atoms with van der Waals surface area (Å²) in [5, 5.41) is 40.0. The van der Waals surface area contributed by atoms with Gasteiger partial charge in [-0.2, -0.15) is 5.10 Å². The Kier molecular flexibility index (Phi) is 9.25. The molecule has 12 nitrogen and oxygen atoms in total. The molecule has 4 N–H and O–H groups in total. The molecule has 13 heteroatoms. The van der Waals surface area contributed by atoms with E-state index in [0.717, 1.165) is 77.7 Å². The number of phenols is 1. The fourth-order valence-electron chi connectivity index (χ4n) is 6.54. The monoisotopic (exact) mass is 696 g/mol. The van der Waals surface area contributed by atoms with Gasteiger partial charge < -0.3 is 24.8 Å². The first kappa shape index (κ1) is 33.6. The average Bonchev–Trinajstić information content (AvgIpc) is 3.86. The fourth-order valence-corrected chi connectivity index (χ4v) is 6.71. The zero-order chi connectivity index (χ0) is 35.0. The highest BCUT2D eigenvalue weighted by molar-refractivity contribution is 6.30. The van der Waals surface area contributed by atoms with Crippen molar-refractivity contribution in [3.05, 3.63) is 93.9 Å². The SMILES string of the molecule is CC(C)(C)c1cc(NC(=O)Nc2ccc(OCCN3CCn4c(nnc4-c4cc(Cl)ccc4O)C3)c3c2CCC3)n(-c2ccc(CO)cc2)n1. The smallest absolute Gasteiger partial charge is 0.324 e. The number of anilines is 2. The maximum atomic E-state index is 13.4. The molecular formula is C37H41ClN8O4. The van der Waals surface area contributed by atoms with Crippen LogP contribution in [0.5, 0.6) is 11.5 Å². The van der Waals surface area contributed by atoms with Crippen molar-refractivity contribution in [2.24, 2.45) is 0 Å². The van der Waals surface area contributed by atoms with E-state index in [0.29, 0.717) is 41.9 Å². The number of aromatic nitrogens is 5. The highest BCUT2D eigenvalue weighted by atomic mass is 35.5. The topological polar surface area (TPSA) is 143 Å². The van der Waals surface area contributed by atoms with Crippen LogP contribution >= 0.6 is 11.6 Å². The van der Waals surface area contributed by atoms with E-state index < -0.39 is 0 Å². The number of hydrogen-bond donors (Lipinski definition) is 4.